The highest BCUT2D eigenvalue weighted by atomic mass is 16.6. The fourth-order valence-electron chi connectivity index (χ4n) is 3.00. The van der Waals surface area contributed by atoms with Crippen molar-refractivity contribution in [1.29, 1.82) is 0 Å². The van der Waals surface area contributed by atoms with Crippen LogP contribution in [0, 0.1) is 0 Å². The Labute approximate surface area is 145 Å². The van der Waals surface area contributed by atoms with Gasteiger partial charge in [0.05, 0.1) is 6.04 Å². The molecule has 5 heteroatoms. The summed E-state index contributed by atoms with van der Waals surface area (Å²) in [6.45, 7) is 10.3. The van der Waals surface area contributed by atoms with E-state index in [2.05, 4.69) is 30.4 Å². The Morgan fingerprint density at radius 1 is 1.42 bits per heavy atom. The smallest absolute Gasteiger partial charge is 0.410 e. The second-order valence-corrected chi connectivity index (χ2v) is 7.39. The molecular formula is C19H30N2O3. The molecule has 1 amide bonds. The van der Waals surface area contributed by atoms with E-state index in [1.54, 1.807) is 0 Å². The molecule has 0 radical (unpaired) electrons. The SMILES string of the molecule is CC1c2ccc(CNCCCO)cc2CCN1C(=O)OC(C)(C)C. The molecule has 24 heavy (non-hydrogen) atoms. The van der Waals surface area contributed by atoms with Crippen molar-refractivity contribution in [1.82, 2.24) is 10.2 Å². The van der Waals surface area contributed by atoms with Gasteiger partial charge in [0.1, 0.15) is 5.60 Å². The van der Waals surface area contributed by atoms with Crippen LogP contribution in [-0.2, 0) is 17.7 Å². The largest absolute Gasteiger partial charge is 0.444 e. The number of fused-ring (bicyclic) bond motifs is 1. The highest BCUT2D eigenvalue weighted by Crippen LogP contribution is 2.31. The molecule has 0 saturated heterocycles. The summed E-state index contributed by atoms with van der Waals surface area (Å²) in [4.78, 5) is 14.2. The summed E-state index contributed by atoms with van der Waals surface area (Å²) < 4.78 is 5.52. The van der Waals surface area contributed by atoms with Crippen LogP contribution < -0.4 is 5.32 Å². The third-order valence-corrected chi connectivity index (χ3v) is 4.22. The van der Waals surface area contributed by atoms with Gasteiger partial charge in [0, 0.05) is 19.7 Å². The number of ether oxygens (including phenoxy) is 1. The molecule has 2 rings (SSSR count). The van der Waals surface area contributed by atoms with Crippen LogP contribution in [0.1, 0.15) is 56.8 Å². The summed E-state index contributed by atoms with van der Waals surface area (Å²) in [7, 11) is 0. The van der Waals surface area contributed by atoms with Gasteiger partial charge in [0.15, 0.2) is 0 Å². The average molecular weight is 334 g/mol. The first-order valence-corrected chi connectivity index (χ1v) is 8.74. The van der Waals surface area contributed by atoms with E-state index < -0.39 is 5.60 Å². The van der Waals surface area contributed by atoms with Gasteiger partial charge in [-0.2, -0.15) is 0 Å². The van der Waals surface area contributed by atoms with Crippen LogP contribution >= 0.6 is 0 Å². The number of nitrogens with zero attached hydrogens (tertiary/aromatic N) is 1. The van der Waals surface area contributed by atoms with Crippen LogP contribution in [0.25, 0.3) is 0 Å². The molecule has 1 atom stereocenters. The first kappa shape index (κ1) is 18.7. The first-order chi connectivity index (χ1) is 11.3. The van der Waals surface area contributed by atoms with Crippen molar-refractivity contribution < 1.29 is 14.6 Å². The summed E-state index contributed by atoms with van der Waals surface area (Å²) in [6, 6.07) is 6.49. The fraction of sp³-hybridized carbons (Fsp3) is 0.632. The number of carbonyl (C=O) groups is 1. The van der Waals surface area contributed by atoms with Gasteiger partial charge in [0.2, 0.25) is 0 Å². The Bertz CT molecular complexity index is 566. The minimum absolute atomic E-state index is 0.0278. The molecular weight excluding hydrogens is 304 g/mol. The average Bonchev–Trinajstić information content (AvgIpc) is 2.50. The lowest BCUT2D eigenvalue weighted by atomic mass is 9.92. The summed E-state index contributed by atoms with van der Waals surface area (Å²) in [6.07, 6.45) is 1.38. The van der Waals surface area contributed by atoms with E-state index >= 15 is 0 Å². The molecule has 1 aromatic rings. The van der Waals surface area contributed by atoms with Gasteiger partial charge in [-0.25, -0.2) is 4.79 Å². The summed E-state index contributed by atoms with van der Waals surface area (Å²) in [5, 5.41) is 12.1. The molecule has 0 bridgehead atoms. The van der Waals surface area contributed by atoms with Crippen molar-refractivity contribution in [3.8, 4) is 0 Å². The minimum atomic E-state index is -0.471. The lowest BCUT2D eigenvalue weighted by Crippen LogP contribution is -2.42. The lowest BCUT2D eigenvalue weighted by molar-refractivity contribution is 0.0159. The van der Waals surface area contributed by atoms with E-state index in [1.807, 2.05) is 25.7 Å². The first-order valence-electron chi connectivity index (χ1n) is 8.74. The molecule has 1 aliphatic rings. The van der Waals surface area contributed by atoms with Crippen LogP contribution in [0.3, 0.4) is 0 Å². The van der Waals surface area contributed by atoms with E-state index in [1.165, 1.54) is 16.7 Å². The maximum atomic E-state index is 12.4. The van der Waals surface area contributed by atoms with Crippen molar-refractivity contribution >= 4 is 6.09 Å². The highest BCUT2D eigenvalue weighted by Gasteiger charge is 2.30. The van der Waals surface area contributed by atoms with E-state index in [9.17, 15) is 4.79 Å². The molecule has 0 spiro atoms. The zero-order valence-corrected chi connectivity index (χ0v) is 15.3. The van der Waals surface area contributed by atoms with Gasteiger partial charge in [0.25, 0.3) is 0 Å². The quantitative estimate of drug-likeness (QED) is 0.813. The number of hydrogen-bond acceptors (Lipinski definition) is 4. The van der Waals surface area contributed by atoms with Crippen molar-refractivity contribution in [2.75, 3.05) is 19.7 Å². The molecule has 2 N–H and O–H groups in total. The topological polar surface area (TPSA) is 61.8 Å². The highest BCUT2D eigenvalue weighted by molar-refractivity contribution is 5.69. The van der Waals surface area contributed by atoms with E-state index in [0.717, 1.165) is 25.9 Å². The number of aliphatic hydroxyl groups excluding tert-OH is 1. The fourth-order valence-corrected chi connectivity index (χ4v) is 3.00. The molecule has 1 unspecified atom stereocenters. The summed E-state index contributed by atoms with van der Waals surface area (Å²) >= 11 is 0. The number of nitrogens with one attached hydrogen (secondary N) is 1. The van der Waals surface area contributed by atoms with Gasteiger partial charge < -0.3 is 20.1 Å². The number of rotatable bonds is 5. The zero-order valence-electron chi connectivity index (χ0n) is 15.3. The minimum Gasteiger partial charge on any atom is -0.444 e. The number of benzene rings is 1. The Morgan fingerprint density at radius 3 is 2.83 bits per heavy atom. The number of aliphatic hydroxyl groups is 1. The Balaban J connectivity index is 2.03. The van der Waals surface area contributed by atoms with Gasteiger partial charge in [-0.1, -0.05) is 18.2 Å². The molecule has 0 aliphatic carbocycles. The second kappa shape index (κ2) is 7.99. The van der Waals surface area contributed by atoms with E-state index in [-0.39, 0.29) is 18.7 Å². The Kier molecular flexibility index (Phi) is 6.24. The monoisotopic (exact) mass is 334 g/mol. The number of hydrogen-bond donors (Lipinski definition) is 2. The predicted octanol–water partition coefficient (Wildman–Crippen LogP) is 3.01. The summed E-state index contributed by atoms with van der Waals surface area (Å²) in [5.41, 5.74) is 3.28. The Morgan fingerprint density at radius 2 is 2.17 bits per heavy atom. The second-order valence-electron chi connectivity index (χ2n) is 7.39. The maximum Gasteiger partial charge on any atom is 0.410 e. The molecule has 1 aliphatic heterocycles. The summed E-state index contributed by atoms with van der Waals surface area (Å²) in [5.74, 6) is 0. The van der Waals surface area contributed by atoms with Crippen LogP contribution in [0.4, 0.5) is 4.79 Å². The van der Waals surface area contributed by atoms with Gasteiger partial charge >= 0.3 is 6.09 Å². The zero-order chi connectivity index (χ0) is 17.7. The standard InChI is InChI=1S/C19H30N2O3/c1-14-17-7-6-15(13-20-9-5-11-22)12-16(17)8-10-21(14)18(23)24-19(2,3)4/h6-7,12,14,20,22H,5,8-11,13H2,1-4H3. The van der Waals surface area contributed by atoms with Crippen LogP contribution in [0.15, 0.2) is 18.2 Å². The molecule has 0 saturated carbocycles. The molecule has 0 aromatic heterocycles. The number of amides is 1. The van der Waals surface area contributed by atoms with Crippen LogP contribution in [0.2, 0.25) is 0 Å². The van der Waals surface area contributed by atoms with Crippen molar-refractivity contribution in [2.45, 2.75) is 58.7 Å². The van der Waals surface area contributed by atoms with Crippen molar-refractivity contribution in [3.63, 3.8) is 0 Å². The molecule has 5 nitrogen and oxygen atoms in total. The predicted molar refractivity (Wildman–Crippen MR) is 94.9 cm³/mol. The molecule has 0 fully saturated rings. The van der Waals surface area contributed by atoms with Crippen LogP contribution in [-0.4, -0.2) is 41.4 Å². The van der Waals surface area contributed by atoms with Gasteiger partial charge in [-0.05, 0) is 63.8 Å². The maximum absolute atomic E-state index is 12.4. The van der Waals surface area contributed by atoms with Crippen LogP contribution in [0.5, 0.6) is 0 Å². The lowest BCUT2D eigenvalue weighted by Gasteiger charge is -2.36. The number of carbonyl (C=O) groups excluding carboxylic acids is 1. The van der Waals surface area contributed by atoms with E-state index in [4.69, 9.17) is 9.84 Å². The third-order valence-electron chi connectivity index (χ3n) is 4.22. The third kappa shape index (κ3) is 4.95. The van der Waals surface area contributed by atoms with Gasteiger partial charge in [-0.3, -0.25) is 0 Å². The normalized spacial score (nSPS) is 17.5. The molecule has 1 heterocycles. The van der Waals surface area contributed by atoms with Crippen molar-refractivity contribution in [2.24, 2.45) is 0 Å². The van der Waals surface area contributed by atoms with Crippen molar-refractivity contribution in [3.05, 3.63) is 34.9 Å². The molecule has 1 aromatic carbocycles. The van der Waals surface area contributed by atoms with Gasteiger partial charge in [-0.15, -0.1) is 0 Å². The van der Waals surface area contributed by atoms with E-state index in [0.29, 0.717) is 6.54 Å². The Hall–Kier alpha value is -1.59. The molecule has 134 valence electrons.